The van der Waals surface area contributed by atoms with Gasteiger partial charge in [-0.25, -0.2) is 0 Å². The molecule has 3 aromatic rings. The standard InChI is InChI=1S/C26H17NO/c27-16-23(26(28)18-8-2-1-3-9-18)25-21-13-5-4-12-19(21)20-14-6-10-17-11-7-15-22(25)24(17)20/h1-9,11-15,20H,10H2/b25-23-. The Morgan fingerprint density at radius 2 is 1.64 bits per heavy atom. The predicted molar refractivity (Wildman–Crippen MR) is 110 cm³/mol. The molecule has 0 aromatic heterocycles. The number of fused-ring (bicyclic) bond motifs is 2. The van der Waals surface area contributed by atoms with Crippen LogP contribution in [0.3, 0.4) is 0 Å². The molecule has 0 saturated carbocycles. The largest absolute Gasteiger partial charge is 0.288 e. The highest BCUT2D eigenvalue weighted by Crippen LogP contribution is 2.47. The molecule has 3 aromatic carbocycles. The Hall–Kier alpha value is -3.70. The van der Waals surface area contributed by atoms with Crippen molar-refractivity contribution in [3.05, 3.63) is 124 Å². The smallest absolute Gasteiger partial charge is 0.204 e. The van der Waals surface area contributed by atoms with Gasteiger partial charge in [-0.15, -0.1) is 0 Å². The van der Waals surface area contributed by atoms with Crippen LogP contribution in [0.2, 0.25) is 0 Å². The van der Waals surface area contributed by atoms with Gasteiger partial charge in [0.1, 0.15) is 11.6 Å². The van der Waals surface area contributed by atoms with Crippen molar-refractivity contribution in [2.45, 2.75) is 12.3 Å². The van der Waals surface area contributed by atoms with Crippen LogP contribution in [0.5, 0.6) is 0 Å². The van der Waals surface area contributed by atoms with Gasteiger partial charge in [0.25, 0.3) is 0 Å². The van der Waals surface area contributed by atoms with Gasteiger partial charge in [-0.2, -0.15) is 5.26 Å². The second-order valence-electron chi connectivity index (χ2n) is 7.13. The minimum Gasteiger partial charge on any atom is -0.288 e. The molecule has 0 heterocycles. The summed E-state index contributed by atoms with van der Waals surface area (Å²) in [4.78, 5) is 13.3. The fourth-order valence-electron chi connectivity index (χ4n) is 4.43. The lowest BCUT2D eigenvalue weighted by Gasteiger charge is -2.33. The average Bonchev–Trinajstić information content (AvgIpc) is 2.77. The number of allylic oxidation sites excluding steroid dienone is 3. The summed E-state index contributed by atoms with van der Waals surface area (Å²) < 4.78 is 0. The van der Waals surface area contributed by atoms with Gasteiger partial charge < -0.3 is 0 Å². The first-order valence-electron chi connectivity index (χ1n) is 9.42. The zero-order valence-corrected chi connectivity index (χ0v) is 15.2. The molecule has 2 nitrogen and oxygen atoms in total. The molecule has 5 rings (SSSR count). The maximum atomic E-state index is 13.3. The zero-order chi connectivity index (χ0) is 19.1. The molecule has 0 aliphatic heterocycles. The number of hydrogen-bond donors (Lipinski definition) is 0. The van der Waals surface area contributed by atoms with E-state index in [1.807, 2.05) is 48.5 Å². The number of carbonyl (C=O) groups excluding carboxylic acids is 1. The van der Waals surface area contributed by atoms with E-state index < -0.39 is 0 Å². The molecule has 1 atom stereocenters. The van der Waals surface area contributed by atoms with Gasteiger partial charge in [0, 0.05) is 17.1 Å². The van der Waals surface area contributed by atoms with Crippen LogP contribution < -0.4 is 0 Å². The Kier molecular flexibility index (Phi) is 3.81. The number of nitrogens with zero attached hydrogens (tertiary/aromatic N) is 1. The van der Waals surface area contributed by atoms with Crippen molar-refractivity contribution in [3.8, 4) is 6.07 Å². The monoisotopic (exact) mass is 359 g/mol. The molecule has 0 saturated heterocycles. The zero-order valence-electron chi connectivity index (χ0n) is 15.2. The lowest BCUT2D eigenvalue weighted by Crippen LogP contribution is -2.18. The van der Waals surface area contributed by atoms with E-state index in [9.17, 15) is 10.1 Å². The Morgan fingerprint density at radius 1 is 0.893 bits per heavy atom. The third-order valence-corrected chi connectivity index (χ3v) is 5.63. The first-order valence-corrected chi connectivity index (χ1v) is 9.42. The molecule has 0 fully saturated rings. The van der Waals surface area contributed by atoms with Gasteiger partial charge in [-0.3, -0.25) is 4.79 Å². The number of nitriles is 1. The summed E-state index contributed by atoms with van der Waals surface area (Å²) in [6, 6.07) is 25.6. The molecule has 2 heteroatoms. The third kappa shape index (κ3) is 2.37. The van der Waals surface area contributed by atoms with E-state index in [0.29, 0.717) is 5.56 Å². The van der Waals surface area contributed by atoms with Crippen LogP contribution in [0.15, 0.2) is 90.5 Å². The number of Topliss-reactive ketones (excluding diaryl/α,β-unsaturated/α-hetero) is 1. The van der Waals surface area contributed by atoms with Gasteiger partial charge in [0.2, 0.25) is 5.78 Å². The molecular weight excluding hydrogens is 342 g/mol. The maximum Gasteiger partial charge on any atom is 0.204 e. The molecule has 28 heavy (non-hydrogen) atoms. The first kappa shape index (κ1) is 16.5. The van der Waals surface area contributed by atoms with Gasteiger partial charge in [-0.05, 0) is 34.2 Å². The Labute approximate surface area is 164 Å². The fourth-order valence-corrected chi connectivity index (χ4v) is 4.43. The van der Waals surface area contributed by atoms with Crippen molar-refractivity contribution in [1.82, 2.24) is 0 Å². The van der Waals surface area contributed by atoms with Crippen LogP contribution in [0, 0.1) is 11.3 Å². The molecule has 132 valence electrons. The van der Waals surface area contributed by atoms with Crippen LogP contribution in [0.4, 0.5) is 0 Å². The summed E-state index contributed by atoms with van der Waals surface area (Å²) in [7, 11) is 0. The Balaban J connectivity index is 1.85. The van der Waals surface area contributed by atoms with Crippen molar-refractivity contribution in [2.75, 3.05) is 0 Å². The van der Waals surface area contributed by atoms with Crippen molar-refractivity contribution >= 4 is 11.4 Å². The molecular formula is C26H17NO. The molecule has 2 aliphatic carbocycles. The van der Waals surface area contributed by atoms with Crippen molar-refractivity contribution in [2.24, 2.45) is 0 Å². The number of ketones is 1. The average molecular weight is 359 g/mol. The van der Waals surface area contributed by atoms with Crippen LogP contribution in [-0.2, 0) is 6.42 Å². The second kappa shape index (κ2) is 6.48. The molecule has 0 N–H and O–H groups in total. The van der Waals surface area contributed by atoms with E-state index in [-0.39, 0.29) is 17.3 Å². The maximum absolute atomic E-state index is 13.3. The van der Waals surface area contributed by atoms with Crippen LogP contribution >= 0.6 is 0 Å². The predicted octanol–water partition coefficient (Wildman–Crippen LogP) is 5.45. The minimum absolute atomic E-state index is 0.173. The second-order valence-corrected chi connectivity index (χ2v) is 7.13. The van der Waals surface area contributed by atoms with Gasteiger partial charge in [-0.1, -0.05) is 84.9 Å². The SMILES string of the molecule is N#C/C(C(=O)c1ccccc1)=C1\c2ccccc2C2C=CCc3cccc1c32. The van der Waals surface area contributed by atoms with Crippen molar-refractivity contribution in [1.29, 1.82) is 5.26 Å². The highest BCUT2D eigenvalue weighted by molar-refractivity contribution is 6.18. The lowest BCUT2D eigenvalue weighted by atomic mass is 9.70. The molecule has 1 unspecified atom stereocenters. The molecule has 0 spiro atoms. The quantitative estimate of drug-likeness (QED) is 0.264. The van der Waals surface area contributed by atoms with E-state index in [4.69, 9.17) is 0 Å². The molecule has 0 radical (unpaired) electrons. The summed E-state index contributed by atoms with van der Waals surface area (Å²) >= 11 is 0. The van der Waals surface area contributed by atoms with Crippen LogP contribution in [0.1, 0.15) is 44.1 Å². The van der Waals surface area contributed by atoms with E-state index >= 15 is 0 Å². The first-order chi connectivity index (χ1) is 13.8. The van der Waals surface area contributed by atoms with Gasteiger partial charge in [0.05, 0.1) is 0 Å². The number of benzene rings is 3. The van der Waals surface area contributed by atoms with E-state index in [1.165, 1.54) is 11.1 Å². The summed E-state index contributed by atoms with van der Waals surface area (Å²) in [6.45, 7) is 0. The lowest BCUT2D eigenvalue weighted by molar-refractivity contribution is 0.103. The highest BCUT2D eigenvalue weighted by Gasteiger charge is 2.33. The van der Waals surface area contributed by atoms with Crippen LogP contribution in [-0.4, -0.2) is 5.78 Å². The summed E-state index contributed by atoms with van der Waals surface area (Å²) in [5, 5.41) is 10.0. The van der Waals surface area contributed by atoms with Crippen molar-refractivity contribution < 1.29 is 4.79 Å². The number of carbonyl (C=O) groups is 1. The number of hydrogen-bond acceptors (Lipinski definition) is 2. The van der Waals surface area contributed by atoms with Gasteiger partial charge >= 0.3 is 0 Å². The Morgan fingerprint density at radius 3 is 2.46 bits per heavy atom. The minimum atomic E-state index is -0.227. The number of rotatable bonds is 2. The summed E-state index contributed by atoms with van der Waals surface area (Å²) in [6.07, 6.45) is 5.33. The van der Waals surface area contributed by atoms with Gasteiger partial charge in [0.15, 0.2) is 0 Å². The molecule has 0 amide bonds. The topological polar surface area (TPSA) is 40.9 Å². The molecule has 2 aliphatic rings. The van der Waals surface area contributed by atoms with E-state index in [0.717, 1.165) is 28.7 Å². The molecule has 0 bridgehead atoms. The fraction of sp³-hybridized carbons (Fsp3) is 0.0769. The van der Waals surface area contributed by atoms with Crippen molar-refractivity contribution in [3.63, 3.8) is 0 Å². The highest BCUT2D eigenvalue weighted by atomic mass is 16.1. The summed E-state index contributed by atoms with van der Waals surface area (Å²) in [5.41, 5.74) is 7.14. The normalized spacial score (nSPS) is 17.9. The summed E-state index contributed by atoms with van der Waals surface area (Å²) in [5.74, 6) is -0.0537. The van der Waals surface area contributed by atoms with E-state index in [2.05, 4.69) is 30.4 Å². The van der Waals surface area contributed by atoms with E-state index in [1.54, 1.807) is 12.1 Å². The Bertz CT molecular complexity index is 1210. The third-order valence-electron chi connectivity index (χ3n) is 5.63. The van der Waals surface area contributed by atoms with Crippen LogP contribution in [0.25, 0.3) is 5.57 Å².